The lowest BCUT2D eigenvalue weighted by Gasteiger charge is -2.31. The Morgan fingerprint density at radius 2 is 1.90 bits per heavy atom. The van der Waals surface area contributed by atoms with Crippen LogP contribution in [0.3, 0.4) is 0 Å². The topological polar surface area (TPSA) is 75.4 Å². The van der Waals surface area contributed by atoms with Gasteiger partial charge in [-0.3, -0.25) is 10.1 Å². The Labute approximate surface area is 127 Å². The lowest BCUT2D eigenvalue weighted by Crippen LogP contribution is -2.51. The molecule has 2 N–H and O–H groups in total. The highest BCUT2D eigenvalue weighted by Gasteiger charge is 2.23. The smallest absolute Gasteiger partial charge is 0.269 e. The fourth-order valence-corrected chi connectivity index (χ4v) is 2.41. The first-order valence-electron chi connectivity index (χ1n) is 6.48. The fourth-order valence-electron chi connectivity index (χ4n) is 1.95. The van der Waals surface area contributed by atoms with Gasteiger partial charge in [0.15, 0.2) is 0 Å². The van der Waals surface area contributed by atoms with Crippen molar-refractivity contribution in [1.29, 1.82) is 0 Å². The third-order valence-electron chi connectivity index (χ3n) is 2.84. The number of nitro groups is 1. The van der Waals surface area contributed by atoms with E-state index >= 15 is 0 Å². The summed E-state index contributed by atoms with van der Waals surface area (Å²) in [5.74, 6) is 0. The molecule has 5 nitrogen and oxygen atoms in total. The normalized spacial score (nSPS) is 14.8. The van der Waals surface area contributed by atoms with Crippen LogP contribution in [0.4, 0.5) is 5.69 Å². The monoisotopic (exact) mass is 344 g/mol. The molecule has 1 aromatic carbocycles. The number of hydrogen-bond acceptors (Lipinski definition) is 4. The zero-order chi connectivity index (χ0) is 15.3. The lowest BCUT2D eigenvalue weighted by molar-refractivity contribution is -0.384. The molecular weight excluding hydrogens is 324 g/mol. The molecule has 0 unspecified atom stereocenters. The third-order valence-corrected chi connectivity index (χ3v) is 3.51. The molecule has 0 amide bonds. The van der Waals surface area contributed by atoms with Gasteiger partial charge in [0.25, 0.3) is 5.69 Å². The van der Waals surface area contributed by atoms with Crippen LogP contribution in [0.5, 0.6) is 0 Å². The Bertz CT molecular complexity index is 443. The zero-order valence-electron chi connectivity index (χ0n) is 12.0. The van der Waals surface area contributed by atoms with Crippen LogP contribution < -0.4 is 5.32 Å². The van der Waals surface area contributed by atoms with Crippen molar-refractivity contribution in [1.82, 2.24) is 5.32 Å². The number of nitrogens with zero attached hydrogens (tertiary/aromatic N) is 1. The average Bonchev–Trinajstić information content (AvgIpc) is 2.36. The van der Waals surface area contributed by atoms with E-state index in [0.29, 0.717) is 11.8 Å². The van der Waals surface area contributed by atoms with Gasteiger partial charge in [-0.1, -0.05) is 28.1 Å². The number of aliphatic hydroxyl groups is 1. The van der Waals surface area contributed by atoms with Crippen LogP contribution in [-0.2, 0) is 6.42 Å². The summed E-state index contributed by atoms with van der Waals surface area (Å²) in [4.78, 5) is 10.2. The Balaban J connectivity index is 2.81. The maximum Gasteiger partial charge on any atom is 0.269 e. The van der Waals surface area contributed by atoms with Crippen molar-refractivity contribution in [3.63, 3.8) is 0 Å². The van der Waals surface area contributed by atoms with Crippen molar-refractivity contribution in [3.8, 4) is 0 Å². The molecule has 0 fully saturated rings. The molecule has 2 atom stereocenters. The Morgan fingerprint density at radius 1 is 1.35 bits per heavy atom. The number of non-ortho nitro benzene ring substituents is 1. The van der Waals surface area contributed by atoms with E-state index in [0.717, 1.165) is 5.56 Å². The number of alkyl halides is 1. The summed E-state index contributed by atoms with van der Waals surface area (Å²) in [5, 5.41) is 24.5. The fraction of sp³-hybridized carbons (Fsp3) is 0.571. The Hall–Kier alpha value is -0.980. The zero-order valence-corrected chi connectivity index (χ0v) is 13.6. The molecule has 1 rings (SSSR count). The number of halogens is 1. The van der Waals surface area contributed by atoms with Crippen LogP contribution in [0, 0.1) is 10.1 Å². The molecule has 0 bridgehead atoms. The van der Waals surface area contributed by atoms with Crippen LogP contribution in [-0.4, -0.2) is 33.0 Å². The molecule has 0 saturated heterocycles. The second-order valence-corrected chi connectivity index (χ2v) is 6.50. The van der Waals surface area contributed by atoms with Gasteiger partial charge in [0.2, 0.25) is 0 Å². The van der Waals surface area contributed by atoms with E-state index in [9.17, 15) is 15.2 Å². The number of hydrogen-bond donors (Lipinski definition) is 2. The molecule has 0 aliphatic carbocycles. The molecule has 6 heteroatoms. The molecule has 0 spiro atoms. The quantitative estimate of drug-likeness (QED) is 0.472. The molecule has 112 valence electrons. The van der Waals surface area contributed by atoms with Crippen LogP contribution in [0.25, 0.3) is 0 Å². The van der Waals surface area contributed by atoms with E-state index in [-0.39, 0.29) is 17.3 Å². The van der Waals surface area contributed by atoms with Gasteiger partial charge in [-0.15, -0.1) is 0 Å². The summed E-state index contributed by atoms with van der Waals surface area (Å²) < 4.78 is 0. The highest BCUT2D eigenvalue weighted by molar-refractivity contribution is 9.09. The third kappa shape index (κ3) is 5.56. The van der Waals surface area contributed by atoms with Gasteiger partial charge in [-0.25, -0.2) is 0 Å². The number of aliphatic hydroxyl groups excluding tert-OH is 1. The van der Waals surface area contributed by atoms with Crippen molar-refractivity contribution in [2.45, 2.75) is 44.9 Å². The molecule has 0 radical (unpaired) electrons. The van der Waals surface area contributed by atoms with Crippen molar-refractivity contribution in [3.05, 3.63) is 39.9 Å². The first-order valence-corrected chi connectivity index (χ1v) is 7.60. The second kappa shape index (κ2) is 7.15. The van der Waals surface area contributed by atoms with Gasteiger partial charge in [0, 0.05) is 29.0 Å². The van der Waals surface area contributed by atoms with E-state index in [1.54, 1.807) is 12.1 Å². The van der Waals surface area contributed by atoms with Crippen molar-refractivity contribution < 1.29 is 10.0 Å². The molecule has 20 heavy (non-hydrogen) atoms. The van der Waals surface area contributed by atoms with E-state index in [2.05, 4.69) is 21.2 Å². The largest absolute Gasteiger partial charge is 0.391 e. The van der Waals surface area contributed by atoms with Gasteiger partial charge in [0.1, 0.15) is 0 Å². The Kier molecular flexibility index (Phi) is 6.10. The van der Waals surface area contributed by atoms with Crippen LogP contribution in [0.15, 0.2) is 24.3 Å². The first kappa shape index (κ1) is 17.1. The minimum atomic E-state index is -0.524. The molecular formula is C14H21BrN2O3. The maximum atomic E-state index is 10.6. The van der Waals surface area contributed by atoms with E-state index in [1.807, 2.05) is 20.8 Å². The summed E-state index contributed by atoms with van der Waals surface area (Å²) in [6.45, 7) is 6.12. The van der Waals surface area contributed by atoms with Crippen LogP contribution >= 0.6 is 15.9 Å². The standard InChI is InChI=1S/C14H21BrN2O3/c1-14(2,3)16-12(13(18)9-15)8-10-4-6-11(7-5-10)17(19)20/h4-7,12-13,16,18H,8-9H2,1-3H3/t12-,13+/m0/s1. The number of nitrogens with one attached hydrogen (secondary N) is 1. The highest BCUT2D eigenvalue weighted by atomic mass is 79.9. The predicted octanol–water partition coefficient (Wildman–Crippen LogP) is 2.65. The SMILES string of the molecule is CC(C)(C)N[C@@H](Cc1ccc([N+](=O)[O-])cc1)[C@H](O)CBr. The van der Waals surface area contributed by atoms with Gasteiger partial charge >= 0.3 is 0 Å². The van der Waals surface area contributed by atoms with Gasteiger partial charge in [-0.05, 0) is 32.8 Å². The molecule has 0 aromatic heterocycles. The minimum Gasteiger partial charge on any atom is -0.391 e. The van der Waals surface area contributed by atoms with Crippen molar-refractivity contribution >= 4 is 21.6 Å². The number of rotatable bonds is 6. The van der Waals surface area contributed by atoms with Crippen LogP contribution in [0.2, 0.25) is 0 Å². The van der Waals surface area contributed by atoms with E-state index in [4.69, 9.17) is 0 Å². The molecule has 0 saturated carbocycles. The summed E-state index contributed by atoms with van der Waals surface area (Å²) in [5.41, 5.74) is 0.918. The maximum absolute atomic E-state index is 10.6. The first-order chi connectivity index (χ1) is 9.23. The van der Waals surface area contributed by atoms with E-state index in [1.165, 1.54) is 12.1 Å². The van der Waals surface area contributed by atoms with E-state index < -0.39 is 11.0 Å². The van der Waals surface area contributed by atoms with Gasteiger partial charge in [0.05, 0.1) is 11.0 Å². The predicted molar refractivity (Wildman–Crippen MR) is 83.3 cm³/mol. The van der Waals surface area contributed by atoms with Crippen LogP contribution in [0.1, 0.15) is 26.3 Å². The Morgan fingerprint density at radius 3 is 2.30 bits per heavy atom. The highest BCUT2D eigenvalue weighted by Crippen LogP contribution is 2.16. The van der Waals surface area contributed by atoms with Crippen molar-refractivity contribution in [2.24, 2.45) is 0 Å². The minimum absolute atomic E-state index is 0.0788. The summed E-state index contributed by atoms with van der Waals surface area (Å²) in [6.07, 6.45) is 0.0894. The molecule has 0 aliphatic heterocycles. The second-order valence-electron chi connectivity index (χ2n) is 5.85. The summed E-state index contributed by atoms with van der Waals surface area (Å²) >= 11 is 3.29. The van der Waals surface area contributed by atoms with Gasteiger partial charge in [-0.2, -0.15) is 0 Å². The molecule has 0 aliphatic rings. The summed E-state index contributed by atoms with van der Waals surface area (Å²) in [6, 6.07) is 6.33. The number of nitro benzene ring substituents is 1. The lowest BCUT2D eigenvalue weighted by atomic mass is 9.98. The number of benzene rings is 1. The molecule has 1 aromatic rings. The van der Waals surface area contributed by atoms with Gasteiger partial charge < -0.3 is 10.4 Å². The van der Waals surface area contributed by atoms with Crippen molar-refractivity contribution in [2.75, 3.05) is 5.33 Å². The average molecular weight is 345 g/mol. The molecule has 0 heterocycles. The summed E-state index contributed by atoms with van der Waals surface area (Å²) in [7, 11) is 0.